The summed E-state index contributed by atoms with van der Waals surface area (Å²) in [5.74, 6) is -0.608. The van der Waals surface area contributed by atoms with Gasteiger partial charge in [0.2, 0.25) is 11.8 Å². The summed E-state index contributed by atoms with van der Waals surface area (Å²) in [6, 6.07) is 22.7. The zero-order valence-electron chi connectivity index (χ0n) is 42.5. The number of carbonyl (C=O) groups is 6. The van der Waals surface area contributed by atoms with Gasteiger partial charge in [-0.25, -0.2) is 28.4 Å². The van der Waals surface area contributed by atoms with Crippen molar-refractivity contribution >= 4 is 99.8 Å². The molecule has 4 N–H and O–H groups in total. The summed E-state index contributed by atoms with van der Waals surface area (Å²) in [5, 5.41) is 10.7. The zero-order chi connectivity index (χ0) is 54.7. The van der Waals surface area contributed by atoms with Gasteiger partial charge in [0.25, 0.3) is 11.8 Å². The molecule has 0 aliphatic carbocycles. The number of aliphatic imine (C=N–C) groups is 4. The Morgan fingerprint density at radius 3 is 1.51 bits per heavy atom. The van der Waals surface area contributed by atoms with E-state index < -0.39 is 54.3 Å². The third-order valence-electron chi connectivity index (χ3n) is 12.5. The summed E-state index contributed by atoms with van der Waals surface area (Å²) < 4.78 is 52.8. The molecule has 0 radical (unpaired) electrons. The third kappa shape index (κ3) is 14.6. The number of hydrogen-bond acceptors (Lipinski definition) is 14. The molecule has 2 unspecified atom stereocenters. The molecule has 76 heavy (non-hydrogen) atoms. The van der Waals surface area contributed by atoms with E-state index in [-0.39, 0.29) is 61.8 Å². The molecule has 5 aliphatic rings. The molecule has 2 atom stereocenters. The Morgan fingerprint density at radius 2 is 1.09 bits per heavy atom. The summed E-state index contributed by atoms with van der Waals surface area (Å²) in [7, 11) is -0.818. The molecule has 4 aromatic carbocycles. The van der Waals surface area contributed by atoms with Crippen LogP contribution in [0.3, 0.4) is 0 Å². The van der Waals surface area contributed by atoms with E-state index in [1.807, 2.05) is 39.8 Å². The van der Waals surface area contributed by atoms with Gasteiger partial charge < -0.3 is 40.0 Å². The van der Waals surface area contributed by atoms with Gasteiger partial charge in [0, 0.05) is 52.9 Å². The largest absolute Gasteiger partial charge is 0.497 e. The Bertz CT molecular complexity index is 2960. The van der Waals surface area contributed by atoms with Gasteiger partial charge in [0.05, 0.1) is 74.9 Å². The molecule has 24 heteroatoms. The van der Waals surface area contributed by atoms with Crippen LogP contribution in [0.2, 0.25) is 0 Å². The van der Waals surface area contributed by atoms with Crippen molar-refractivity contribution in [3.63, 3.8) is 0 Å². The summed E-state index contributed by atoms with van der Waals surface area (Å²) in [6.45, 7) is 13.0. The normalized spacial score (nSPS) is 18.6. The van der Waals surface area contributed by atoms with E-state index in [2.05, 4.69) is 57.2 Å². The molecule has 3 saturated heterocycles. The predicted molar refractivity (Wildman–Crippen MR) is 287 cm³/mol. The van der Waals surface area contributed by atoms with E-state index in [0.717, 1.165) is 4.47 Å². The fraction of sp³-hybridized carbons (Fsp3) is 0.346. The molecule has 6 amide bonds. The van der Waals surface area contributed by atoms with Gasteiger partial charge in [0.15, 0.2) is 0 Å². The van der Waals surface area contributed by atoms with E-state index in [4.69, 9.17) is 18.8 Å². The van der Waals surface area contributed by atoms with Crippen molar-refractivity contribution < 1.29 is 56.3 Å². The molecule has 0 bridgehead atoms. The highest BCUT2D eigenvalue weighted by atomic mass is 79.9. The van der Waals surface area contributed by atoms with Crippen molar-refractivity contribution in [2.45, 2.75) is 65.0 Å². The monoisotopic (exact) mass is 1110 g/mol. The third-order valence-corrected chi connectivity index (χ3v) is 13.1. The second kappa shape index (κ2) is 24.8. The second-order valence-electron chi connectivity index (χ2n) is 18.7. The minimum atomic E-state index is -0.818. The van der Waals surface area contributed by atoms with E-state index >= 15 is 0 Å². The number of halogens is 3. The number of ether oxygens (including phenoxy) is 2. The first kappa shape index (κ1) is 56.0. The SMILES string of the molecule is CC(=O)NCC1CN(c2ccc(-c3ccc(C(=O)NCC4=NCC=N4)cc3)c(F)c2)C(=O)O1.CC(=O)NCC1CN(c2ccc(B3OC(C)(C)C(C)(C)O3)c(F)c2)C(=O)O1.O=C(NCC1=NCC=N1)c1ccc(Br)cc1. The van der Waals surface area contributed by atoms with Crippen LogP contribution in [0.1, 0.15) is 62.3 Å². The maximum atomic E-state index is 14.9. The van der Waals surface area contributed by atoms with E-state index in [0.29, 0.717) is 64.9 Å². The first-order valence-electron chi connectivity index (χ1n) is 24.1. The topological polar surface area (TPSA) is 243 Å². The number of anilines is 2. The van der Waals surface area contributed by atoms with Crippen LogP contribution in [0, 0.1) is 11.6 Å². The van der Waals surface area contributed by atoms with E-state index in [1.165, 1.54) is 35.8 Å². The zero-order valence-corrected chi connectivity index (χ0v) is 44.1. The molecule has 5 heterocycles. The molecule has 0 spiro atoms. The van der Waals surface area contributed by atoms with Crippen LogP contribution in [0.15, 0.2) is 109 Å². The number of carbonyl (C=O) groups excluding carboxylic acids is 6. The number of rotatable bonds is 14. The molecule has 3 fully saturated rings. The van der Waals surface area contributed by atoms with Crippen LogP contribution in [0.4, 0.5) is 29.7 Å². The summed E-state index contributed by atoms with van der Waals surface area (Å²) in [6.07, 6.45) is 1.24. The van der Waals surface area contributed by atoms with Gasteiger partial charge in [-0.05, 0) is 100.0 Å². The second-order valence-corrected chi connectivity index (χ2v) is 19.6. The minimum Gasteiger partial charge on any atom is -0.442 e. The molecule has 0 aromatic heterocycles. The van der Waals surface area contributed by atoms with Gasteiger partial charge in [-0.15, -0.1) is 0 Å². The smallest absolute Gasteiger partial charge is 0.442 e. The Balaban J connectivity index is 0.000000176. The molecule has 398 valence electrons. The Labute approximate surface area is 446 Å². The lowest BCUT2D eigenvalue weighted by molar-refractivity contribution is -0.120. The number of amidine groups is 2. The average molecular weight is 1110 g/mol. The number of nitrogens with zero attached hydrogens (tertiary/aromatic N) is 6. The molecular formula is C52H56BBrF2N10O10. The first-order valence-corrected chi connectivity index (χ1v) is 24.9. The Hall–Kier alpha value is -7.70. The first-order chi connectivity index (χ1) is 36.2. The van der Waals surface area contributed by atoms with Crippen molar-refractivity contribution in [2.75, 3.05) is 62.2 Å². The lowest BCUT2D eigenvalue weighted by atomic mass is 9.78. The minimum absolute atomic E-state index is 0.114. The van der Waals surface area contributed by atoms with Crippen LogP contribution in [-0.4, -0.2) is 143 Å². The van der Waals surface area contributed by atoms with Crippen LogP contribution in [0.5, 0.6) is 0 Å². The number of hydrogen-bond donors (Lipinski definition) is 4. The number of cyclic esters (lactones) is 2. The van der Waals surface area contributed by atoms with Gasteiger partial charge >= 0.3 is 19.3 Å². The Kier molecular flexibility index (Phi) is 18.3. The predicted octanol–water partition coefficient (Wildman–Crippen LogP) is 5.41. The highest BCUT2D eigenvalue weighted by Crippen LogP contribution is 2.37. The van der Waals surface area contributed by atoms with Crippen LogP contribution in [0.25, 0.3) is 11.1 Å². The summed E-state index contributed by atoms with van der Waals surface area (Å²) in [5.41, 5.74) is 1.87. The van der Waals surface area contributed by atoms with Crippen molar-refractivity contribution in [1.29, 1.82) is 0 Å². The summed E-state index contributed by atoms with van der Waals surface area (Å²) >= 11 is 3.32. The lowest BCUT2D eigenvalue weighted by Gasteiger charge is -2.32. The van der Waals surface area contributed by atoms with Gasteiger partial charge in [0.1, 0.15) is 35.5 Å². The van der Waals surface area contributed by atoms with Crippen LogP contribution < -0.4 is 36.5 Å². The summed E-state index contributed by atoms with van der Waals surface area (Å²) in [4.78, 5) is 89.2. The molecule has 20 nitrogen and oxygen atoms in total. The quantitative estimate of drug-likeness (QED) is 0.117. The highest BCUT2D eigenvalue weighted by Gasteiger charge is 2.52. The van der Waals surface area contributed by atoms with Gasteiger partial charge in [-0.2, -0.15) is 0 Å². The molecule has 9 rings (SSSR count). The number of amides is 6. The standard InChI is InChI=1S/C23H22FN5O4.C18H24BFN2O5.C11H10BrN3O/c1-14(30)27-11-18-13-29(23(32)33-18)17-6-7-19(20(24)10-17)15-2-4-16(5-3-15)22(31)28-12-21-25-8-9-26-21;1-11(23)21-9-13-10-22(16(24)25-13)12-6-7-14(15(20)8-12)19-26-17(2,3)18(4,5)27-19;12-9-3-1-8(2-4-9)11(16)15-7-10-13-5-6-14-10/h2-8,10,18H,9,11-13H2,1H3,(H,27,30)(H,28,31);6-8,13H,9-10H2,1-5H3,(H,21,23);1-5H,6-7H2,(H,15,16). The lowest BCUT2D eigenvalue weighted by Crippen LogP contribution is -2.41. The Morgan fingerprint density at radius 1 is 0.645 bits per heavy atom. The molecule has 0 saturated carbocycles. The maximum absolute atomic E-state index is 14.9. The maximum Gasteiger partial charge on any atom is 0.497 e. The van der Waals surface area contributed by atoms with Crippen LogP contribution >= 0.6 is 15.9 Å². The van der Waals surface area contributed by atoms with Crippen molar-refractivity contribution in [3.8, 4) is 11.1 Å². The van der Waals surface area contributed by atoms with Crippen molar-refractivity contribution in [3.05, 3.63) is 112 Å². The average Bonchev–Trinajstić information content (AvgIpc) is 4.25. The fourth-order valence-corrected chi connectivity index (χ4v) is 8.00. The van der Waals surface area contributed by atoms with Crippen molar-refractivity contribution in [1.82, 2.24) is 21.3 Å². The van der Waals surface area contributed by atoms with Gasteiger partial charge in [-0.3, -0.25) is 39.0 Å². The van der Waals surface area contributed by atoms with Crippen LogP contribution in [-0.2, 0) is 28.4 Å². The molecule has 4 aromatic rings. The van der Waals surface area contributed by atoms with E-state index in [1.54, 1.807) is 73.1 Å². The number of nitrogens with one attached hydrogen (secondary N) is 4. The van der Waals surface area contributed by atoms with Gasteiger partial charge in [-0.1, -0.05) is 34.1 Å². The molecular weight excluding hydrogens is 1050 g/mol. The van der Waals surface area contributed by atoms with Crippen molar-refractivity contribution in [2.24, 2.45) is 20.0 Å². The highest BCUT2D eigenvalue weighted by molar-refractivity contribution is 9.10. The molecule has 5 aliphatic heterocycles. The fourth-order valence-electron chi connectivity index (χ4n) is 7.74. The number of benzene rings is 4. The van der Waals surface area contributed by atoms with E-state index in [9.17, 15) is 37.5 Å².